The average molecular weight is 297 g/mol. The van der Waals surface area contributed by atoms with Crippen LogP contribution in [0.25, 0.3) is 11.5 Å². The van der Waals surface area contributed by atoms with E-state index in [4.69, 9.17) is 5.11 Å². The predicted octanol–water partition coefficient (Wildman–Crippen LogP) is 2.06. The van der Waals surface area contributed by atoms with Crippen molar-refractivity contribution in [3.63, 3.8) is 0 Å². The zero-order valence-electron chi connectivity index (χ0n) is 11.2. The second-order valence-corrected chi connectivity index (χ2v) is 4.54. The van der Waals surface area contributed by atoms with Gasteiger partial charge in [0.05, 0.1) is 17.4 Å². The maximum Gasteiger partial charge on any atom is 0.341 e. The van der Waals surface area contributed by atoms with Crippen molar-refractivity contribution >= 4 is 11.9 Å². The van der Waals surface area contributed by atoms with Crippen molar-refractivity contribution < 1.29 is 19.8 Å². The third-order valence-corrected chi connectivity index (χ3v) is 3.18. The minimum absolute atomic E-state index is 0.0542. The van der Waals surface area contributed by atoms with Crippen LogP contribution in [0.5, 0.6) is 0 Å². The SMILES string of the molecule is O=C(O)c1ccc(-n2ncc(C(=O)O)c2-n2cccc2)cc1. The fourth-order valence-corrected chi connectivity index (χ4v) is 2.15. The fourth-order valence-electron chi connectivity index (χ4n) is 2.15. The molecule has 0 fully saturated rings. The van der Waals surface area contributed by atoms with Gasteiger partial charge in [0.2, 0.25) is 0 Å². The molecule has 0 saturated heterocycles. The number of rotatable bonds is 4. The van der Waals surface area contributed by atoms with Gasteiger partial charge in [0.25, 0.3) is 0 Å². The minimum atomic E-state index is -1.09. The van der Waals surface area contributed by atoms with Crippen molar-refractivity contribution in [3.8, 4) is 11.5 Å². The van der Waals surface area contributed by atoms with Gasteiger partial charge < -0.3 is 14.8 Å². The molecule has 0 aliphatic heterocycles. The molecular formula is C15H11N3O4. The van der Waals surface area contributed by atoms with E-state index in [-0.39, 0.29) is 11.1 Å². The van der Waals surface area contributed by atoms with Crippen molar-refractivity contribution in [2.75, 3.05) is 0 Å². The second-order valence-electron chi connectivity index (χ2n) is 4.54. The molecule has 0 spiro atoms. The second kappa shape index (κ2) is 5.21. The summed E-state index contributed by atoms with van der Waals surface area (Å²) in [7, 11) is 0. The van der Waals surface area contributed by atoms with Gasteiger partial charge >= 0.3 is 11.9 Å². The molecule has 0 aliphatic rings. The smallest absolute Gasteiger partial charge is 0.341 e. The van der Waals surface area contributed by atoms with Gasteiger partial charge in [-0.25, -0.2) is 14.3 Å². The Balaban J connectivity index is 2.15. The molecule has 7 nitrogen and oxygen atoms in total. The van der Waals surface area contributed by atoms with Crippen LogP contribution in [0.1, 0.15) is 20.7 Å². The van der Waals surface area contributed by atoms with Gasteiger partial charge in [-0.05, 0) is 36.4 Å². The number of carboxylic acid groups (broad SMARTS) is 2. The molecule has 0 bridgehead atoms. The highest BCUT2D eigenvalue weighted by Gasteiger charge is 2.19. The number of aromatic carboxylic acids is 2. The summed E-state index contributed by atoms with van der Waals surface area (Å²) in [5.41, 5.74) is 0.775. The number of nitrogens with zero attached hydrogens (tertiary/aromatic N) is 3. The molecule has 2 N–H and O–H groups in total. The third-order valence-electron chi connectivity index (χ3n) is 3.18. The van der Waals surface area contributed by atoms with Crippen LogP contribution in [-0.4, -0.2) is 36.5 Å². The van der Waals surface area contributed by atoms with E-state index in [1.54, 1.807) is 41.2 Å². The molecule has 3 rings (SSSR count). The average Bonchev–Trinajstić information content (AvgIpc) is 3.16. The molecular weight excluding hydrogens is 286 g/mol. The summed E-state index contributed by atoms with van der Waals surface area (Å²) in [6, 6.07) is 9.59. The predicted molar refractivity (Wildman–Crippen MR) is 76.8 cm³/mol. The van der Waals surface area contributed by atoms with E-state index >= 15 is 0 Å². The first kappa shape index (κ1) is 13.6. The van der Waals surface area contributed by atoms with Crippen molar-refractivity contribution in [3.05, 3.63) is 66.1 Å². The van der Waals surface area contributed by atoms with E-state index in [9.17, 15) is 14.7 Å². The van der Waals surface area contributed by atoms with Gasteiger partial charge in [0, 0.05) is 12.4 Å². The first-order valence-corrected chi connectivity index (χ1v) is 6.36. The standard InChI is InChI=1S/C15H11N3O4/c19-14(20)10-3-5-11(6-4-10)18-13(17-7-1-2-8-17)12(9-16-18)15(21)22/h1-9H,(H,19,20)(H,21,22). The van der Waals surface area contributed by atoms with Crippen LogP contribution in [-0.2, 0) is 0 Å². The van der Waals surface area contributed by atoms with Crippen LogP contribution in [0.3, 0.4) is 0 Å². The normalized spacial score (nSPS) is 10.5. The molecule has 22 heavy (non-hydrogen) atoms. The molecule has 1 aromatic carbocycles. The van der Waals surface area contributed by atoms with Gasteiger partial charge in [0.1, 0.15) is 5.56 Å². The highest BCUT2D eigenvalue weighted by atomic mass is 16.4. The quantitative estimate of drug-likeness (QED) is 0.768. The highest BCUT2D eigenvalue weighted by Crippen LogP contribution is 2.20. The molecule has 0 atom stereocenters. The van der Waals surface area contributed by atoms with Gasteiger partial charge in [-0.2, -0.15) is 5.10 Å². The fraction of sp³-hybridized carbons (Fsp3) is 0. The van der Waals surface area contributed by atoms with Crippen molar-refractivity contribution in [2.45, 2.75) is 0 Å². The zero-order valence-corrected chi connectivity index (χ0v) is 11.2. The Bertz CT molecular complexity index is 832. The van der Waals surface area contributed by atoms with E-state index in [0.717, 1.165) is 0 Å². The van der Waals surface area contributed by atoms with E-state index in [1.807, 2.05) is 0 Å². The summed E-state index contributed by atoms with van der Waals surface area (Å²) in [6.07, 6.45) is 4.69. The lowest BCUT2D eigenvalue weighted by Crippen LogP contribution is -2.08. The topological polar surface area (TPSA) is 97.3 Å². The Hall–Kier alpha value is -3.35. The Morgan fingerprint density at radius 2 is 1.59 bits per heavy atom. The zero-order chi connectivity index (χ0) is 15.7. The lowest BCUT2D eigenvalue weighted by Gasteiger charge is -2.09. The van der Waals surface area contributed by atoms with Crippen LogP contribution >= 0.6 is 0 Å². The summed E-state index contributed by atoms with van der Waals surface area (Å²) >= 11 is 0. The van der Waals surface area contributed by atoms with Crippen molar-refractivity contribution in [2.24, 2.45) is 0 Å². The number of benzene rings is 1. The van der Waals surface area contributed by atoms with E-state index in [1.165, 1.54) is 23.0 Å². The molecule has 3 aromatic rings. The molecule has 0 unspecified atom stereocenters. The van der Waals surface area contributed by atoms with Gasteiger partial charge in [-0.3, -0.25) is 0 Å². The number of carbonyl (C=O) groups is 2. The maximum absolute atomic E-state index is 11.4. The number of carboxylic acids is 2. The Morgan fingerprint density at radius 1 is 0.955 bits per heavy atom. The van der Waals surface area contributed by atoms with Crippen LogP contribution in [0.4, 0.5) is 0 Å². The number of aromatic nitrogens is 3. The van der Waals surface area contributed by atoms with Crippen LogP contribution in [0.15, 0.2) is 55.0 Å². The summed E-state index contributed by atoms with van der Waals surface area (Å²) in [6.45, 7) is 0. The molecule has 7 heteroatoms. The van der Waals surface area contributed by atoms with Gasteiger partial charge in [-0.15, -0.1) is 0 Å². The molecule has 0 radical (unpaired) electrons. The van der Waals surface area contributed by atoms with Crippen LogP contribution < -0.4 is 0 Å². The number of hydrogen-bond donors (Lipinski definition) is 2. The van der Waals surface area contributed by atoms with Crippen LogP contribution in [0, 0.1) is 0 Å². The summed E-state index contributed by atoms with van der Waals surface area (Å²) in [4.78, 5) is 22.3. The Labute approximate surface area is 124 Å². The van der Waals surface area contributed by atoms with E-state index < -0.39 is 11.9 Å². The summed E-state index contributed by atoms with van der Waals surface area (Å²) in [5, 5.41) is 22.3. The largest absolute Gasteiger partial charge is 0.478 e. The van der Waals surface area contributed by atoms with Gasteiger partial charge in [-0.1, -0.05) is 0 Å². The van der Waals surface area contributed by atoms with Gasteiger partial charge in [0.15, 0.2) is 5.82 Å². The van der Waals surface area contributed by atoms with E-state index in [0.29, 0.717) is 11.5 Å². The van der Waals surface area contributed by atoms with Crippen LogP contribution in [0.2, 0.25) is 0 Å². The molecule has 0 saturated carbocycles. The monoisotopic (exact) mass is 297 g/mol. The Kier molecular flexibility index (Phi) is 3.23. The Morgan fingerprint density at radius 3 is 2.14 bits per heavy atom. The van der Waals surface area contributed by atoms with Crippen molar-refractivity contribution in [1.82, 2.24) is 14.3 Å². The molecule has 110 valence electrons. The first-order chi connectivity index (χ1) is 10.6. The summed E-state index contributed by atoms with van der Waals surface area (Å²) in [5.74, 6) is -1.73. The highest BCUT2D eigenvalue weighted by molar-refractivity contribution is 5.91. The van der Waals surface area contributed by atoms with Crippen molar-refractivity contribution in [1.29, 1.82) is 0 Å². The molecule has 0 aliphatic carbocycles. The minimum Gasteiger partial charge on any atom is -0.478 e. The van der Waals surface area contributed by atoms with E-state index in [2.05, 4.69) is 5.10 Å². The summed E-state index contributed by atoms with van der Waals surface area (Å²) < 4.78 is 3.09. The first-order valence-electron chi connectivity index (χ1n) is 6.36. The lowest BCUT2D eigenvalue weighted by atomic mass is 10.2. The number of hydrogen-bond acceptors (Lipinski definition) is 3. The third kappa shape index (κ3) is 2.24. The molecule has 0 amide bonds. The lowest BCUT2D eigenvalue weighted by molar-refractivity contribution is 0.0686. The maximum atomic E-state index is 11.4. The molecule has 2 aromatic heterocycles. The molecule has 2 heterocycles.